The molecular weight excluding hydrogens is 259 g/mol. The molecule has 2 aromatic rings. The molecule has 1 fully saturated rings. The second kappa shape index (κ2) is 4.27. The van der Waals surface area contributed by atoms with E-state index in [0.717, 1.165) is 16.4 Å². The van der Waals surface area contributed by atoms with E-state index in [1.54, 1.807) is 23.5 Å². The minimum absolute atomic E-state index is 0.132. The SMILES string of the molecule is Fc1ccc(-c2csc(NC3CC3)n2)cc1Cl. The Bertz CT molecular complexity index is 551. The Hall–Kier alpha value is -1.13. The number of nitrogens with zero attached hydrogens (tertiary/aromatic N) is 1. The zero-order chi connectivity index (χ0) is 11.8. The van der Waals surface area contributed by atoms with Crippen molar-refractivity contribution in [1.82, 2.24) is 4.98 Å². The number of benzene rings is 1. The Morgan fingerprint density at radius 3 is 2.94 bits per heavy atom. The average molecular weight is 269 g/mol. The quantitative estimate of drug-likeness (QED) is 0.903. The van der Waals surface area contributed by atoms with Gasteiger partial charge in [0.05, 0.1) is 10.7 Å². The Morgan fingerprint density at radius 2 is 2.24 bits per heavy atom. The highest BCUT2D eigenvalue weighted by Gasteiger charge is 2.22. The lowest BCUT2D eigenvalue weighted by Gasteiger charge is -1.99. The molecule has 0 spiro atoms. The molecule has 0 unspecified atom stereocenters. The average Bonchev–Trinajstić information content (AvgIpc) is 2.99. The first-order valence-corrected chi connectivity index (χ1v) is 6.65. The van der Waals surface area contributed by atoms with Crippen LogP contribution in [-0.2, 0) is 0 Å². The van der Waals surface area contributed by atoms with Gasteiger partial charge in [-0.1, -0.05) is 11.6 Å². The molecule has 1 aliphatic rings. The molecule has 1 saturated carbocycles. The second-order valence-corrected chi connectivity index (χ2v) is 5.35. The van der Waals surface area contributed by atoms with Crippen molar-refractivity contribution in [2.75, 3.05) is 5.32 Å². The van der Waals surface area contributed by atoms with E-state index in [1.807, 2.05) is 5.38 Å². The number of hydrogen-bond donors (Lipinski definition) is 1. The monoisotopic (exact) mass is 268 g/mol. The standard InChI is InChI=1S/C12H10ClFN2S/c13-9-5-7(1-4-10(9)14)11-6-17-12(16-11)15-8-2-3-8/h1,4-6,8H,2-3H2,(H,15,16). The minimum atomic E-state index is -0.401. The van der Waals surface area contributed by atoms with E-state index in [-0.39, 0.29) is 5.02 Å². The third-order valence-corrected chi connectivity index (χ3v) is 3.69. The summed E-state index contributed by atoms with van der Waals surface area (Å²) in [6.07, 6.45) is 2.44. The predicted octanol–water partition coefficient (Wildman–Crippen LogP) is 4.18. The molecule has 0 amide bonds. The molecule has 1 aliphatic carbocycles. The molecule has 0 radical (unpaired) electrons. The van der Waals surface area contributed by atoms with E-state index in [4.69, 9.17) is 11.6 Å². The van der Waals surface area contributed by atoms with Gasteiger partial charge < -0.3 is 5.32 Å². The lowest BCUT2D eigenvalue weighted by molar-refractivity contribution is 0.628. The van der Waals surface area contributed by atoms with Gasteiger partial charge in [0.25, 0.3) is 0 Å². The Kier molecular flexibility index (Phi) is 2.76. The van der Waals surface area contributed by atoms with Crippen LogP contribution in [0.25, 0.3) is 11.3 Å². The highest BCUT2D eigenvalue weighted by molar-refractivity contribution is 7.14. The van der Waals surface area contributed by atoms with Crippen LogP contribution in [0.3, 0.4) is 0 Å². The van der Waals surface area contributed by atoms with Crippen molar-refractivity contribution >= 4 is 28.1 Å². The normalized spacial score (nSPS) is 14.9. The summed E-state index contributed by atoms with van der Waals surface area (Å²) in [5.74, 6) is -0.401. The van der Waals surface area contributed by atoms with Gasteiger partial charge in [0.2, 0.25) is 0 Å². The van der Waals surface area contributed by atoms with Gasteiger partial charge in [0.15, 0.2) is 5.13 Å². The fraction of sp³-hybridized carbons (Fsp3) is 0.250. The molecule has 0 atom stereocenters. The van der Waals surface area contributed by atoms with Crippen molar-refractivity contribution in [3.8, 4) is 11.3 Å². The van der Waals surface area contributed by atoms with Crippen molar-refractivity contribution in [2.24, 2.45) is 0 Å². The van der Waals surface area contributed by atoms with Crippen LogP contribution in [0.2, 0.25) is 5.02 Å². The summed E-state index contributed by atoms with van der Waals surface area (Å²) in [5.41, 5.74) is 1.68. The fourth-order valence-corrected chi connectivity index (χ4v) is 2.51. The Labute approximate surface area is 107 Å². The van der Waals surface area contributed by atoms with Gasteiger partial charge in [0, 0.05) is 17.0 Å². The van der Waals surface area contributed by atoms with Crippen molar-refractivity contribution in [3.63, 3.8) is 0 Å². The Balaban J connectivity index is 1.86. The molecule has 1 heterocycles. The van der Waals surface area contributed by atoms with Crippen molar-refractivity contribution in [2.45, 2.75) is 18.9 Å². The summed E-state index contributed by atoms with van der Waals surface area (Å²) >= 11 is 7.31. The van der Waals surface area contributed by atoms with Crippen LogP contribution in [0.5, 0.6) is 0 Å². The number of hydrogen-bond acceptors (Lipinski definition) is 3. The maximum Gasteiger partial charge on any atom is 0.183 e. The van der Waals surface area contributed by atoms with E-state index in [2.05, 4.69) is 10.3 Å². The van der Waals surface area contributed by atoms with E-state index in [1.165, 1.54) is 18.9 Å². The van der Waals surface area contributed by atoms with Gasteiger partial charge in [-0.05, 0) is 31.0 Å². The molecule has 1 N–H and O–H groups in total. The smallest absolute Gasteiger partial charge is 0.183 e. The van der Waals surface area contributed by atoms with Gasteiger partial charge >= 0.3 is 0 Å². The van der Waals surface area contributed by atoms with E-state index in [9.17, 15) is 4.39 Å². The first-order chi connectivity index (χ1) is 8.22. The van der Waals surface area contributed by atoms with Crippen LogP contribution in [0, 0.1) is 5.82 Å². The summed E-state index contributed by atoms with van der Waals surface area (Å²) in [4.78, 5) is 4.46. The molecule has 5 heteroatoms. The lowest BCUT2D eigenvalue weighted by Crippen LogP contribution is -1.99. The lowest BCUT2D eigenvalue weighted by atomic mass is 10.2. The molecule has 88 valence electrons. The fourth-order valence-electron chi connectivity index (χ4n) is 1.53. The highest BCUT2D eigenvalue weighted by Crippen LogP contribution is 2.31. The third-order valence-electron chi connectivity index (χ3n) is 2.62. The van der Waals surface area contributed by atoms with Gasteiger partial charge in [-0.2, -0.15) is 0 Å². The van der Waals surface area contributed by atoms with E-state index in [0.29, 0.717) is 6.04 Å². The molecule has 0 saturated heterocycles. The largest absolute Gasteiger partial charge is 0.359 e. The minimum Gasteiger partial charge on any atom is -0.359 e. The first kappa shape index (κ1) is 11.0. The summed E-state index contributed by atoms with van der Waals surface area (Å²) in [7, 11) is 0. The number of thiazole rings is 1. The number of nitrogens with one attached hydrogen (secondary N) is 1. The molecule has 0 aliphatic heterocycles. The summed E-state index contributed by atoms with van der Waals surface area (Å²) in [5, 5.41) is 6.34. The molecule has 1 aromatic heterocycles. The predicted molar refractivity (Wildman–Crippen MR) is 69.2 cm³/mol. The molecule has 0 bridgehead atoms. The van der Waals surface area contributed by atoms with Crippen molar-refractivity contribution < 1.29 is 4.39 Å². The number of rotatable bonds is 3. The highest BCUT2D eigenvalue weighted by atomic mass is 35.5. The van der Waals surface area contributed by atoms with Gasteiger partial charge in [0.1, 0.15) is 5.82 Å². The van der Waals surface area contributed by atoms with E-state index >= 15 is 0 Å². The van der Waals surface area contributed by atoms with Crippen LogP contribution in [0.4, 0.5) is 9.52 Å². The van der Waals surface area contributed by atoms with Crippen LogP contribution in [0.15, 0.2) is 23.6 Å². The van der Waals surface area contributed by atoms with Crippen molar-refractivity contribution in [3.05, 3.63) is 34.4 Å². The zero-order valence-corrected chi connectivity index (χ0v) is 10.5. The van der Waals surface area contributed by atoms with Crippen LogP contribution >= 0.6 is 22.9 Å². The maximum absolute atomic E-state index is 13.0. The molecule has 17 heavy (non-hydrogen) atoms. The maximum atomic E-state index is 13.0. The van der Waals surface area contributed by atoms with Crippen LogP contribution in [-0.4, -0.2) is 11.0 Å². The molecule has 2 nitrogen and oxygen atoms in total. The van der Waals surface area contributed by atoms with Gasteiger partial charge in [-0.25, -0.2) is 9.37 Å². The zero-order valence-electron chi connectivity index (χ0n) is 8.91. The summed E-state index contributed by atoms with van der Waals surface area (Å²) in [6.45, 7) is 0. The van der Waals surface area contributed by atoms with Crippen LogP contribution in [0.1, 0.15) is 12.8 Å². The second-order valence-electron chi connectivity index (χ2n) is 4.09. The number of anilines is 1. The van der Waals surface area contributed by atoms with E-state index < -0.39 is 5.82 Å². The summed E-state index contributed by atoms with van der Waals surface area (Å²) < 4.78 is 13.0. The summed E-state index contributed by atoms with van der Waals surface area (Å²) in [6, 6.07) is 5.25. The number of aromatic nitrogens is 1. The molecular formula is C12H10ClFN2S. The topological polar surface area (TPSA) is 24.9 Å². The van der Waals surface area contributed by atoms with Crippen LogP contribution < -0.4 is 5.32 Å². The number of halogens is 2. The molecule has 3 rings (SSSR count). The molecule has 1 aromatic carbocycles. The first-order valence-electron chi connectivity index (χ1n) is 5.40. The van der Waals surface area contributed by atoms with Gasteiger partial charge in [-0.3, -0.25) is 0 Å². The van der Waals surface area contributed by atoms with Crippen molar-refractivity contribution in [1.29, 1.82) is 0 Å². The van der Waals surface area contributed by atoms with Gasteiger partial charge in [-0.15, -0.1) is 11.3 Å². The third kappa shape index (κ3) is 2.42. The Morgan fingerprint density at radius 1 is 1.41 bits per heavy atom.